The fourth-order valence-corrected chi connectivity index (χ4v) is 0.742. The minimum Gasteiger partial charge on any atom is -0.463 e. The van der Waals surface area contributed by atoms with Crippen LogP contribution in [0.2, 0.25) is 0 Å². The Balaban J connectivity index is 2.25. The summed E-state index contributed by atoms with van der Waals surface area (Å²) < 4.78 is 22.2. The summed E-state index contributed by atoms with van der Waals surface area (Å²) in [6, 6.07) is 0.192. The molecule has 0 saturated heterocycles. The van der Waals surface area contributed by atoms with Gasteiger partial charge in [0.05, 0.1) is 19.0 Å². The summed E-state index contributed by atoms with van der Waals surface area (Å²) in [6.45, 7) is 1.10. The molecule has 0 radical (unpaired) electrons. The summed E-state index contributed by atoms with van der Waals surface area (Å²) in [6.07, 6.45) is 2.90. The van der Waals surface area contributed by atoms with Gasteiger partial charge in [0.2, 0.25) is 0 Å². The Labute approximate surface area is 75.7 Å². The Hall–Kier alpha value is -1.23. The van der Waals surface area contributed by atoms with E-state index in [0.29, 0.717) is 13.2 Å². The SMILES string of the molecule is COCCCOc1ncc(F)cn1. The lowest BCUT2D eigenvalue weighted by atomic mass is 10.5. The van der Waals surface area contributed by atoms with Gasteiger partial charge in [0, 0.05) is 20.1 Å². The molecule has 4 nitrogen and oxygen atoms in total. The van der Waals surface area contributed by atoms with Gasteiger partial charge >= 0.3 is 6.01 Å². The first-order valence-electron chi connectivity index (χ1n) is 3.92. The molecule has 1 heterocycles. The van der Waals surface area contributed by atoms with E-state index in [1.807, 2.05) is 0 Å². The van der Waals surface area contributed by atoms with Crippen LogP contribution in [0.3, 0.4) is 0 Å². The van der Waals surface area contributed by atoms with E-state index in [0.717, 1.165) is 18.8 Å². The summed E-state index contributed by atoms with van der Waals surface area (Å²) >= 11 is 0. The van der Waals surface area contributed by atoms with Gasteiger partial charge in [-0.1, -0.05) is 0 Å². The Morgan fingerprint density at radius 1 is 1.31 bits per heavy atom. The topological polar surface area (TPSA) is 44.2 Å². The summed E-state index contributed by atoms with van der Waals surface area (Å²) in [5.74, 6) is -0.468. The zero-order valence-corrected chi connectivity index (χ0v) is 7.36. The van der Waals surface area contributed by atoms with E-state index in [4.69, 9.17) is 9.47 Å². The average Bonchev–Trinajstić information content (AvgIpc) is 2.15. The van der Waals surface area contributed by atoms with Crippen LogP contribution < -0.4 is 4.74 Å². The third-order valence-electron chi connectivity index (χ3n) is 1.32. The van der Waals surface area contributed by atoms with E-state index in [2.05, 4.69) is 9.97 Å². The van der Waals surface area contributed by atoms with Crippen molar-refractivity contribution in [2.24, 2.45) is 0 Å². The number of aromatic nitrogens is 2. The van der Waals surface area contributed by atoms with E-state index in [9.17, 15) is 4.39 Å². The minimum atomic E-state index is -0.468. The minimum absolute atomic E-state index is 0.192. The van der Waals surface area contributed by atoms with Crippen molar-refractivity contribution < 1.29 is 13.9 Å². The number of hydrogen-bond acceptors (Lipinski definition) is 4. The number of nitrogens with zero attached hydrogens (tertiary/aromatic N) is 2. The quantitative estimate of drug-likeness (QED) is 0.644. The van der Waals surface area contributed by atoms with Gasteiger partial charge in [0.15, 0.2) is 5.82 Å². The smallest absolute Gasteiger partial charge is 0.316 e. The van der Waals surface area contributed by atoms with Crippen LogP contribution in [-0.4, -0.2) is 30.3 Å². The molecule has 0 saturated carbocycles. The summed E-state index contributed by atoms with van der Waals surface area (Å²) in [5.41, 5.74) is 0. The molecule has 1 aromatic heterocycles. The van der Waals surface area contributed by atoms with Gasteiger partial charge in [0.1, 0.15) is 0 Å². The van der Waals surface area contributed by atoms with Crippen molar-refractivity contribution in [3.8, 4) is 6.01 Å². The molecular formula is C8H11FN2O2. The van der Waals surface area contributed by atoms with Crippen LogP contribution in [0.5, 0.6) is 6.01 Å². The van der Waals surface area contributed by atoms with Crippen LogP contribution in [0, 0.1) is 5.82 Å². The highest BCUT2D eigenvalue weighted by Crippen LogP contribution is 2.00. The van der Waals surface area contributed by atoms with E-state index in [1.165, 1.54) is 0 Å². The highest BCUT2D eigenvalue weighted by Gasteiger charge is 1.96. The predicted octanol–water partition coefficient (Wildman–Crippen LogP) is 1.03. The third kappa shape index (κ3) is 3.80. The number of methoxy groups -OCH3 is 1. The molecule has 0 bridgehead atoms. The van der Waals surface area contributed by atoms with Crippen LogP contribution in [0.4, 0.5) is 4.39 Å². The van der Waals surface area contributed by atoms with Crippen molar-refractivity contribution in [1.29, 1.82) is 0 Å². The van der Waals surface area contributed by atoms with E-state index < -0.39 is 5.82 Å². The molecule has 1 rings (SSSR count). The molecule has 0 amide bonds. The number of hydrogen-bond donors (Lipinski definition) is 0. The standard InChI is InChI=1S/C8H11FN2O2/c1-12-3-2-4-13-8-10-5-7(9)6-11-8/h5-6H,2-4H2,1H3. The van der Waals surface area contributed by atoms with Crippen LogP contribution in [0.1, 0.15) is 6.42 Å². The third-order valence-corrected chi connectivity index (χ3v) is 1.32. The Morgan fingerprint density at radius 2 is 2.00 bits per heavy atom. The second-order valence-corrected chi connectivity index (χ2v) is 2.38. The molecule has 0 aliphatic heterocycles. The molecular weight excluding hydrogens is 175 g/mol. The van der Waals surface area contributed by atoms with Gasteiger partial charge in [-0.05, 0) is 0 Å². The van der Waals surface area contributed by atoms with Crippen LogP contribution >= 0.6 is 0 Å². The molecule has 0 aliphatic rings. The van der Waals surface area contributed by atoms with Crippen molar-refractivity contribution in [3.63, 3.8) is 0 Å². The fourth-order valence-electron chi connectivity index (χ4n) is 0.742. The fraction of sp³-hybridized carbons (Fsp3) is 0.500. The lowest BCUT2D eigenvalue weighted by Gasteiger charge is -2.02. The average molecular weight is 186 g/mol. The van der Waals surface area contributed by atoms with Crippen LogP contribution in [-0.2, 0) is 4.74 Å². The largest absolute Gasteiger partial charge is 0.463 e. The summed E-state index contributed by atoms with van der Waals surface area (Å²) in [7, 11) is 1.62. The molecule has 0 N–H and O–H groups in total. The van der Waals surface area contributed by atoms with Gasteiger partial charge in [-0.3, -0.25) is 0 Å². The van der Waals surface area contributed by atoms with Crippen molar-refractivity contribution in [1.82, 2.24) is 9.97 Å². The number of halogens is 1. The van der Waals surface area contributed by atoms with E-state index >= 15 is 0 Å². The highest BCUT2D eigenvalue weighted by atomic mass is 19.1. The van der Waals surface area contributed by atoms with Crippen LogP contribution in [0.15, 0.2) is 12.4 Å². The molecule has 0 fully saturated rings. The second-order valence-electron chi connectivity index (χ2n) is 2.38. The molecule has 5 heteroatoms. The maximum atomic E-state index is 12.3. The van der Waals surface area contributed by atoms with Crippen molar-refractivity contribution in [3.05, 3.63) is 18.2 Å². The monoisotopic (exact) mass is 186 g/mol. The maximum Gasteiger partial charge on any atom is 0.316 e. The Kier molecular flexibility index (Phi) is 4.11. The summed E-state index contributed by atoms with van der Waals surface area (Å²) in [5, 5.41) is 0. The first kappa shape index (κ1) is 9.85. The highest BCUT2D eigenvalue weighted by molar-refractivity contribution is 4.95. The van der Waals surface area contributed by atoms with Crippen molar-refractivity contribution in [2.75, 3.05) is 20.3 Å². The lowest BCUT2D eigenvalue weighted by molar-refractivity contribution is 0.168. The molecule has 0 atom stereocenters. The molecule has 72 valence electrons. The first-order chi connectivity index (χ1) is 6.33. The van der Waals surface area contributed by atoms with Gasteiger partial charge in [-0.25, -0.2) is 14.4 Å². The second kappa shape index (κ2) is 5.42. The predicted molar refractivity (Wildman–Crippen MR) is 44.0 cm³/mol. The molecule has 1 aromatic rings. The number of ether oxygens (including phenoxy) is 2. The Bertz CT molecular complexity index is 240. The van der Waals surface area contributed by atoms with Gasteiger partial charge in [0.25, 0.3) is 0 Å². The molecule has 13 heavy (non-hydrogen) atoms. The zero-order valence-electron chi connectivity index (χ0n) is 7.36. The Morgan fingerprint density at radius 3 is 2.62 bits per heavy atom. The molecule has 0 aliphatic carbocycles. The van der Waals surface area contributed by atoms with E-state index in [1.54, 1.807) is 7.11 Å². The maximum absolute atomic E-state index is 12.3. The van der Waals surface area contributed by atoms with Crippen molar-refractivity contribution >= 4 is 0 Å². The lowest BCUT2D eigenvalue weighted by Crippen LogP contribution is -2.03. The molecule has 0 aromatic carbocycles. The van der Waals surface area contributed by atoms with Gasteiger partial charge in [-0.15, -0.1) is 0 Å². The van der Waals surface area contributed by atoms with Gasteiger partial charge in [-0.2, -0.15) is 0 Å². The van der Waals surface area contributed by atoms with Gasteiger partial charge < -0.3 is 9.47 Å². The molecule has 0 unspecified atom stereocenters. The first-order valence-corrected chi connectivity index (χ1v) is 3.92. The van der Waals surface area contributed by atoms with E-state index in [-0.39, 0.29) is 6.01 Å². The van der Waals surface area contributed by atoms with Crippen molar-refractivity contribution in [2.45, 2.75) is 6.42 Å². The van der Waals surface area contributed by atoms with Crippen LogP contribution in [0.25, 0.3) is 0 Å². The zero-order chi connectivity index (χ0) is 9.52. The summed E-state index contributed by atoms with van der Waals surface area (Å²) in [4.78, 5) is 7.25. The normalized spacial score (nSPS) is 10.0. The number of rotatable bonds is 5. The molecule has 0 spiro atoms.